The Morgan fingerprint density at radius 1 is 0.337 bits per heavy atom. The van der Waals surface area contributed by atoms with Crippen LogP contribution in [-0.4, -0.2) is 106 Å². The van der Waals surface area contributed by atoms with Crippen molar-refractivity contribution in [3.05, 3.63) is 155 Å². The summed E-state index contributed by atoms with van der Waals surface area (Å²) in [4.78, 5) is 62.3. The molecule has 4 aromatic rings. The summed E-state index contributed by atoms with van der Waals surface area (Å²) in [7, 11) is 0. The van der Waals surface area contributed by atoms with E-state index in [0.29, 0.717) is 22.8 Å². The third-order valence-electron chi connectivity index (χ3n) is 8.60. The summed E-state index contributed by atoms with van der Waals surface area (Å²) >= 11 is 86.5. The molecule has 0 radical (unpaired) electrons. The van der Waals surface area contributed by atoms with Crippen molar-refractivity contribution in [2.24, 2.45) is 0 Å². The Kier molecular flexibility index (Phi) is 61.4. The lowest BCUT2D eigenvalue weighted by Gasteiger charge is -2.08. The first kappa shape index (κ1) is 96.4. The highest BCUT2D eigenvalue weighted by Crippen LogP contribution is 2.27. The molecule has 0 saturated heterocycles. The van der Waals surface area contributed by atoms with Crippen molar-refractivity contribution >= 4 is 255 Å². The molecule has 2 aromatic carbocycles. The highest BCUT2D eigenvalue weighted by molar-refractivity contribution is 6.65. The molecule has 2 aliphatic heterocycles. The molecule has 0 atom stereocenters. The minimum absolute atomic E-state index is 0. The molecule has 0 bridgehead atoms. The number of rotatable bonds is 12. The van der Waals surface area contributed by atoms with E-state index >= 15 is 0 Å². The smallest absolute Gasteiger partial charge is 0.316 e. The van der Waals surface area contributed by atoms with Crippen LogP contribution >= 0.6 is 209 Å². The summed E-state index contributed by atoms with van der Waals surface area (Å²) in [5.41, 5.74) is 8.87. The molecule has 488 valence electrons. The summed E-state index contributed by atoms with van der Waals surface area (Å²) in [6.45, 7) is 15.4. The Bertz CT molecular complexity index is 2480. The zero-order valence-electron chi connectivity index (χ0n) is 46.4. The van der Waals surface area contributed by atoms with Crippen molar-refractivity contribution < 1.29 is 74.1 Å². The van der Waals surface area contributed by atoms with E-state index in [2.05, 4.69) is 41.2 Å². The van der Waals surface area contributed by atoms with Gasteiger partial charge in [-0.05, 0) is 90.8 Å². The number of carbonyl (C=O) groups is 4. The summed E-state index contributed by atoms with van der Waals surface area (Å²) in [6.07, 6.45) is 7.30. The van der Waals surface area contributed by atoms with Crippen molar-refractivity contribution in [2.75, 3.05) is 0 Å². The van der Waals surface area contributed by atoms with E-state index in [0.717, 1.165) is 45.1 Å². The molecular weight excluding hydrogens is 1630 g/mol. The molecule has 4 heterocycles. The number of benzene rings is 2. The van der Waals surface area contributed by atoms with Gasteiger partial charge in [-0.3, -0.25) is 19.2 Å². The van der Waals surface area contributed by atoms with E-state index in [4.69, 9.17) is 209 Å². The van der Waals surface area contributed by atoms with E-state index in [1.165, 1.54) is 0 Å². The van der Waals surface area contributed by atoms with E-state index in [9.17, 15) is 19.2 Å². The number of alkyl halides is 18. The van der Waals surface area contributed by atoms with Gasteiger partial charge in [0, 0.05) is 48.5 Å². The topological polar surface area (TPSA) is 239 Å². The van der Waals surface area contributed by atoms with Crippen LogP contribution in [0.4, 0.5) is 0 Å². The summed E-state index contributed by atoms with van der Waals surface area (Å²) in [5.74, 6) is -0.603. The van der Waals surface area contributed by atoms with Crippen LogP contribution in [0.2, 0.25) is 0 Å². The predicted octanol–water partition coefficient (Wildman–Crippen LogP) is 7.33. The maximum Gasteiger partial charge on any atom is 0.316 e. The first-order valence-electron chi connectivity index (χ1n) is 23.5. The molecule has 6 rings (SSSR count). The first-order valence-corrected chi connectivity index (χ1v) is 31.3. The van der Waals surface area contributed by atoms with Gasteiger partial charge in [-0.25, -0.2) is 0 Å². The third kappa shape index (κ3) is 49.0. The predicted molar refractivity (Wildman–Crippen MR) is 364 cm³/mol. The van der Waals surface area contributed by atoms with E-state index in [1.807, 2.05) is 140 Å². The molecular formula is C52H64Br2Cl18N8O6. The molecule has 0 unspecified atom stereocenters. The number of carbonyl (C=O) groups excluding carboxylic acids is 4. The fourth-order valence-electron chi connectivity index (χ4n) is 6.18. The van der Waals surface area contributed by atoms with E-state index < -0.39 is 25.8 Å². The Labute approximate surface area is 613 Å². The first-order chi connectivity index (χ1) is 38.1. The van der Waals surface area contributed by atoms with Crippen molar-refractivity contribution in [3.63, 3.8) is 0 Å². The molecule has 4 amide bonds. The van der Waals surface area contributed by atoms with E-state index in [-0.39, 0.29) is 92.7 Å². The van der Waals surface area contributed by atoms with Crippen molar-refractivity contribution in [2.45, 2.75) is 105 Å². The van der Waals surface area contributed by atoms with Crippen molar-refractivity contribution in [3.8, 4) is 0 Å². The fraction of sp³-hybridized carbons (Fsp3) is 0.346. The monoisotopic (exact) mass is 1680 g/mol. The molecule has 0 aliphatic carbocycles. The Balaban J connectivity index is -0.000000261. The lowest BCUT2D eigenvalue weighted by Crippen LogP contribution is -3.00. The average Bonchev–Trinajstić information content (AvgIpc) is 4.39. The van der Waals surface area contributed by atoms with Gasteiger partial charge in [-0.15, -0.1) is 0 Å². The standard InChI is InChI=1S/2C23H26N4O2.6CHCl3.2BrH.2H2O/c2*1-14(2)24-22(28)19-12-10-17(26-19)21(16-8-6-5-7-9-16)18-11-13-20(27-18)23(29)25-15(3)4;6*2-1(3)4;;;;/h2*5-15,26H,1-4H3,(H,24,28)(H,25,29);6*1H;2*1H;2*1H2/b21-18+;21-18-;;;;;;;;;;. The second-order valence-corrected chi connectivity index (χ2v) is 28.5. The Morgan fingerprint density at radius 3 is 0.767 bits per heavy atom. The zero-order valence-corrected chi connectivity index (χ0v) is 63.1. The highest BCUT2D eigenvalue weighted by atomic mass is 79.9. The Morgan fingerprint density at radius 2 is 0.547 bits per heavy atom. The SMILES string of the molecule is CC(C)NC(=O)C1=[NH+]/C(=C(/c2ccccc2)c2ccc(C(=O)NC(C)C)[nH]2)C=C1.CC(C)NC(=O)C1=[NH+]/C(=C(\c2ccccc2)c2ccc(C(=O)NC(C)C)[nH]2)C=C1.ClC(Cl)Cl.ClC(Cl)Cl.ClC(Cl)Cl.ClC(Cl)Cl.ClC(Cl)Cl.ClC(Cl)Cl.O.O.[Br-].[Br-]. The molecule has 2 aliphatic rings. The number of aromatic amines is 2. The van der Waals surface area contributed by atoms with Gasteiger partial charge in [0.15, 0.2) is 25.8 Å². The summed E-state index contributed by atoms with van der Waals surface area (Å²) in [5, 5.41) is 11.6. The molecule has 12 N–H and O–H groups in total. The van der Waals surface area contributed by atoms with Gasteiger partial charge in [0.1, 0.15) is 11.4 Å². The summed E-state index contributed by atoms with van der Waals surface area (Å²) in [6, 6.07) is 27.2. The van der Waals surface area contributed by atoms with Crippen LogP contribution in [0.3, 0.4) is 0 Å². The molecule has 0 spiro atoms. The van der Waals surface area contributed by atoms with Crippen LogP contribution in [0.5, 0.6) is 0 Å². The molecule has 86 heavy (non-hydrogen) atoms. The number of hydrogen-bond acceptors (Lipinski definition) is 4. The summed E-state index contributed by atoms with van der Waals surface area (Å²) < 4.78 is -4.50. The normalized spacial score (nSPS) is 12.6. The molecule has 0 fully saturated rings. The lowest BCUT2D eigenvalue weighted by atomic mass is 10.0. The molecule has 14 nitrogen and oxygen atoms in total. The van der Waals surface area contributed by atoms with Crippen LogP contribution in [0.25, 0.3) is 11.1 Å². The zero-order chi connectivity index (χ0) is 63.4. The minimum Gasteiger partial charge on any atom is -1.00 e. The number of nitrogens with one attached hydrogen (secondary N) is 8. The second kappa shape index (κ2) is 54.8. The van der Waals surface area contributed by atoms with Crippen LogP contribution in [-0.2, 0) is 9.59 Å². The van der Waals surface area contributed by atoms with Gasteiger partial charge in [0.2, 0.25) is 11.4 Å². The number of H-pyrrole nitrogens is 2. The largest absolute Gasteiger partial charge is 1.00 e. The maximum absolute atomic E-state index is 12.3. The van der Waals surface area contributed by atoms with Crippen LogP contribution < -0.4 is 65.2 Å². The molecule has 0 saturated carbocycles. The average molecular weight is 1700 g/mol. The number of halogens is 20. The quantitative estimate of drug-likeness (QED) is 0.0680. The number of aromatic nitrogens is 2. The number of amides is 4. The van der Waals surface area contributed by atoms with Gasteiger partial charge >= 0.3 is 11.8 Å². The highest BCUT2D eigenvalue weighted by Gasteiger charge is 2.28. The number of allylic oxidation sites excluding steroid dienone is 2. The maximum atomic E-state index is 12.3. The van der Waals surface area contributed by atoms with Crippen LogP contribution in [0, 0.1) is 0 Å². The molecule has 34 heteroatoms. The number of hydrogen-bond donors (Lipinski definition) is 8. The van der Waals surface area contributed by atoms with Gasteiger partial charge in [-0.1, -0.05) is 269 Å². The minimum atomic E-state index is -0.750. The Hall–Kier alpha value is -0.720. The van der Waals surface area contributed by atoms with E-state index in [1.54, 1.807) is 24.3 Å². The van der Waals surface area contributed by atoms with Crippen molar-refractivity contribution in [1.29, 1.82) is 0 Å². The van der Waals surface area contributed by atoms with Gasteiger partial charge in [0.25, 0.3) is 23.2 Å². The van der Waals surface area contributed by atoms with Crippen molar-refractivity contribution in [1.82, 2.24) is 31.2 Å². The van der Waals surface area contributed by atoms with Gasteiger partial charge in [-0.2, -0.15) is 9.98 Å². The van der Waals surface area contributed by atoms with Crippen LogP contribution in [0.15, 0.2) is 121 Å². The van der Waals surface area contributed by atoms with Gasteiger partial charge < -0.3 is 76.2 Å². The fourth-order valence-corrected chi connectivity index (χ4v) is 6.18. The lowest BCUT2D eigenvalue weighted by molar-refractivity contribution is -0.384. The van der Waals surface area contributed by atoms with Gasteiger partial charge in [0.05, 0.1) is 22.5 Å². The third-order valence-corrected chi connectivity index (χ3v) is 8.60. The second-order valence-electron chi connectivity index (χ2n) is 16.6. The molecule has 2 aromatic heterocycles. The van der Waals surface area contributed by atoms with Crippen LogP contribution in [0.1, 0.15) is 98.9 Å².